The number of fused-ring (bicyclic) bond motifs is 1. The molecule has 3 heterocycles. The number of ether oxygens (including phenoxy) is 1. The van der Waals surface area contributed by atoms with Crippen molar-refractivity contribution in [2.45, 2.75) is 19.1 Å². The Hall–Kier alpha value is -3.22. The van der Waals surface area contributed by atoms with Crippen molar-refractivity contribution in [2.75, 3.05) is 25.2 Å². The van der Waals surface area contributed by atoms with Gasteiger partial charge in [0.15, 0.2) is 0 Å². The molecule has 0 saturated carbocycles. The maximum atomic E-state index is 10.4. The normalized spacial score (nSPS) is 15.2. The lowest BCUT2D eigenvalue weighted by atomic mass is 9.91. The van der Waals surface area contributed by atoms with Crippen molar-refractivity contribution in [3.05, 3.63) is 77.6 Å². The molecular formula is C24H24N4O2. The summed E-state index contributed by atoms with van der Waals surface area (Å²) in [6, 6.07) is 18.5. The Kier molecular flexibility index (Phi) is 4.53. The molecule has 1 fully saturated rings. The number of nitrogens with one attached hydrogen (secondary N) is 1. The smallest absolute Gasteiger partial charge is 0.143 e. The van der Waals surface area contributed by atoms with Crippen molar-refractivity contribution >= 4 is 16.9 Å². The molecule has 6 nitrogen and oxygen atoms in total. The number of benzene rings is 2. The molecule has 152 valence electrons. The molecule has 0 aliphatic carbocycles. The highest BCUT2D eigenvalue weighted by molar-refractivity contribution is 5.91. The van der Waals surface area contributed by atoms with Crippen molar-refractivity contribution in [1.82, 2.24) is 15.0 Å². The molecule has 2 aromatic carbocycles. The van der Waals surface area contributed by atoms with Crippen molar-refractivity contribution in [2.24, 2.45) is 0 Å². The molecule has 4 aromatic rings. The Morgan fingerprint density at radius 2 is 1.90 bits per heavy atom. The van der Waals surface area contributed by atoms with Gasteiger partial charge < -0.3 is 19.7 Å². The van der Waals surface area contributed by atoms with E-state index in [9.17, 15) is 5.11 Å². The van der Waals surface area contributed by atoms with E-state index >= 15 is 0 Å². The maximum absolute atomic E-state index is 10.4. The number of aromatic amines is 1. The zero-order chi connectivity index (χ0) is 20.7. The molecule has 6 heteroatoms. The van der Waals surface area contributed by atoms with Gasteiger partial charge in [-0.2, -0.15) is 0 Å². The number of anilines is 1. The van der Waals surface area contributed by atoms with E-state index in [-0.39, 0.29) is 0 Å². The van der Waals surface area contributed by atoms with Crippen LogP contribution >= 0.6 is 0 Å². The molecule has 1 aliphatic heterocycles. The Morgan fingerprint density at radius 1 is 1.10 bits per heavy atom. The van der Waals surface area contributed by atoms with Gasteiger partial charge in [-0.25, -0.2) is 9.97 Å². The van der Waals surface area contributed by atoms with Crippen molar-refractivity contribution in [3.63, 3.8) is 0 Å². The number of hydrogen-bond acceptors (Lipinski definition) is 5. The molecule has 0 amide bonds. The molecule has 0 bridgehead atoms. The lowest BCUT2D eigenvalue weighted by Crippen LogP contribution is -2.46. The molecule has 0 spiro atoms. The van der Waals surface area contributed by atoms with E-state index in [2.05, 4.69) is 57.1 Å². The highest BCUT2D eigenvalue weighted by atomic mass is 16.5. The average molecular weight is 400 g/mol. The molecule has 1 saturated heterocycles. The van der Waals surface area contributed by atoms with E-state index < -0.39 is 5.60 Å². The van der Waals surface area contributed by atoms with E-state index in [0.29, 0.717) is 13.2 Å². The van der Waals surface area contributed by atoms with Gasteiger partial charge in [-0.05, 0) is 29.7 Å². The first-order chi connectivity index (χ1) is 14.5. The maximum Gasteiger partial charge on any atom is 0.143 e. The third-order valence-corrected chi connectivity index (χ3v) is 5.68. The van der Waals surface area contributed by atoms with Gasteiger partial charge in [-0.1, -0.05) is 54.1 Å². The van der Waals surface area contributed by atoms with Crippen LogP contribution in [0.3, 0.4) is 0 Å². The fourth-order valence-electron chi connectivity index (χ4n) is 3.97. The van der Waals surface area contributed by atoms with Crippen LogP contribution in [0.5, 0.6) is 0 Å². The Balaban J connectivity index is 1.45. The second-order valence-corrected chi connectivity index (χ2v) is 8.09. The molecule has 5 rings (SSSR count). The van der Waals surface area contributed by atoms with Crippen LogP contribution in [0.2, 0.25) is 0 Å². The second-order valence-electron chi connectivity index (χ2n) is 8.09. The van der Waals surface area contributed by atoms with Gasteiger partial charge in [-0.15, -0.1) is 0 Å². The summed E-state index contributed by atoms with van der Waals surface area (Å²) in [4.78, 5) is 14.5. The first-order valence-corrected chi connectivity index (χ1v) is 10.0. The van der Waals surface area contributed by atoms with Crippen LogP contribution in [-0.2, 0) is 16.9 Å². The van der Waals surface area contributed by atoms with Gasteiger partial charge in [-0.3, -0.25) is 0 Å². The quantitative estimate of drug-likeness (QED) is 0.533. The summed E-state index contributed by atoms with van der Waals surface area (Å²) in [5.41, 5.74) is 5.34. The zero-order valence-electron chi connectivity index (χ0n) is 17.1. The Labute approximate surface area is 175 Å². The zero-order valence-corrected chi connectivity index (χ0v) is 17.1. The van der Waals surface area contributed by atoms with Crippen LogP contribution in [0.15, 0.2) is 60.9 Å². The van der Waals surface area contributed by atoms with Crippen LogP contribution < -0.4 is 4.90 Å². The minimum atomic E-state index is -0.851. The highest BCUT2D eigenvalue weighted by Gasteiger charge is 2.37. The van der Waals surface area contributed by atoms with Gasteiger partial charge in [0, 0.05) is 19.3 Å². The summed E-state index contributed by atoms with van der Waals surface area (Å²) in [5.74, 6) is 0.890. The Bertz CT molecular complexity index is 1200. The molecule has 0 unspecified atom stereocenters. The lowest BCUT2D eigenvalue weighted by molar-refractivity contribution is -0.184. The largest absolute Gasteiger partial charge is 0.380 e. The minimum Gasteiger partial charge on any atom is -0.380 e. The van der Waals surface area contributed by atoms with E-state index in [1.165, 1.54) is 11.1 Å². The first kappa shape index (κ1) is 18.8. The molecule has 0 radical (unpaired) electrons. The number of H-pyrrole nitrogens is 1. The minimum absolute atomic E-state index is 0.352. The van der Waals surface area contributed by atoms with Crippen LogP contribution in [-0.4, -0.2) is 40.3 Å². The number of nitrogens with zero attached hydrogens (tertiary/aromatic N) is 3. The van der Waals surface area contributed by atoms with Gasteiger partial charge in [0.2, 0.25) is 0 Å². The van der Waals surface area contributed by atoms with Crippen LogP contribution in [0, 0.1) is 6.92 Å². The summed E-state index contributed by atoms with van der Waals surface area (Å²) >= 11 is 0. The number of rotatable bonds is 5. The third kappa shape index (κ3) is 3.34. The summed E-state index contributed by atoms with van der Waals surface area (Å²) in [6.45, 7) is 3.58. The van der Waals surface area contributed by atoms with Crippen LogP contribution in [0.1, 0.15) is 16.7 Å². The van der Waals surface area contributed by atoms with Crippen molar-refractivity contribution in [1.29, 1.82) is 0 Å². The monoisotopic (exact) mass is 400 g/mol. The summed E-state index contributed by atoms with van der Waals surface area (Å²) in [5, 5.41) is 11.4. The summed E-state index contributed by atoms with van der Waals surface area (Å²) in [6.07, 6.45) is 1.60. The summed E-state index contributed by atoms with van der Waals surface area (Å²) in [7, 11) is 2.05. The molecular weight excluding hydrogens is 376 g/mol. The van der Waals surface area contributed by atoms with Crippen molar-refractivity contribution < 1.29 is 9.84 Å². The fourth-order valence-corrected chi connectivity index (χ4v) is 3.97. The van der Waals surface area contributed by atoms with Gasteiger partial charge in [0.05, 0.1) is 18.6 Å². The standard InChI is InChI=1S/C24H24N4O2/c1-16-4-3-5-17(10-16)12-28(2)23-20-11-21(27-22(20)25-15-26-23)18-6-8-19(9-7-18)24(29)13-30-14-24/h3-11,15,29H,12-14H2,1-2H3,(H,25,26,27). The van der Waals surface area contributed by atoms with Crippen LogP contribution in [0.25, 0.3) is 22.3 Å². The molecule has 30 heavy (non-hydrogen) atoms. The number of aryl methyl sites for hydroxylation is 1. The third-order valence-electron chi connectivity index (χ3n) is 5.68. The van der Waals surface area contributed by atoms with Gasteiger partial charge in [0.25, 0.3) is 0 Å². The predicted molar refractivity (Wildman–Crippen MR) is 117 cm³/mol. The van der Waals surface area contributed by atoms with E-state index in [1.807, 2.05) is 31.3 Å². The number of hydrogen-bond donors (Lipinski definition) is 2. The molecule has 2 N–H and O–H groups in total. The highest BCUT2D eigenvalue weighted by Crippen LogP contribution is 2.32. The van der Waals surface area contributed by atoms with E-state index in [1.54, 1.807) is 6.33 Å². The number of aliphatic hydroxyl groups is 1. The lowest BCUT2D eigenvalue weighted by Gasteiger charge is -2.36. The Morgan fingerprint density at radius 3 is 2.60 bits per heavy atom. The number of aromatic nitrogens is 3. The topological polar surface area (TPSA) is 74.3 Å². The van der Waals surface area contributed by atoms with E-state index in [0.717, 1.165) is 40.2 Å². The molecule has 2 aromatic heterocycles. The van der Waals surface area contributed by atoms with Gasteiger partial charge in [0.1, 0.15) is 23.4 Å². The predicted octanol–water partition coefficient (Wildman–Crippen LogP) is 3.79. The van der Waals surface area contributed by atoms with Crippen molar-refractivity contribution in [3.8, 4) is 11.3 Å². The first-order valence-electron chi connectivity index (χ1n) is 10.0. The SMILES string of the molecule is Cc1cccc(CN(C)c2ncnc3[nH]c(-c4ccc(C5(O)COC5)cc4)cc23)c1. The summed E-state index contributed by atoms with van der Waals surface area (Å²) < 4.78 is 5.16. The van der Waals surface area contributed by atoms with Crippen LogP contribution in [0.4, 0.5) is 5.82 Å². The second kappa shape index (κ2) is 7.23. The molecule has 0 atom stereocenters. The van der Waals surface area contributed by atoms with E-state index in [4.69, 9.17) is 4.74 Å². The average Bonchev–Trinajstić information content (AvgIpc) is 3.16. The molecule has 1 aliphatic rings. The fraction of sp³-hybridized carbons (Fsp3) is 0.250. The van der Waals surface area contributed by atoms with Gasteiger partial charge >= 0.3 is 0 Å².